The van der Waals surface area contributed by atoms with Crippen LogP contribution in [0, 0.1) is 0 Å². The van der Waals surface area contributed by atoms with Crippen LogP contribution in [0.1, 0.15) is 25.7 Å². The van der Waals surface area contributed by atoms with E-state index < -0.39 is 26.8 Å². The summed E-state index contributed by atoms with van der Waals surface area (Å²) in [6.45, 7) is 0. The maximum Gasteiger partial charge on any atom is 0.586 e. The molecule has 1 N–H and O–H groups in total. The third-order valence-electron chi connectivity index (χ3n) is 5.05. The predicted octanol–water partition coefficient (Wildman–Crippen LogP) is 3.73. The lowest BCUT2D eigenvalue weighted by molar-refractivity contribution is -0.286. The highest BCUT2D eigenvalue weighted by atomic mass is 32.2. The van der Waals surface area contributed by atoms with Gasteiger partial charge < -0.3 is 14.8 Å². The van der Waals surface area contributed by atoms with E-state index in [0.717, 1.165) is 0 Å². The Labute approximate surface area is 160 Å². The Morgan fingerprint density at radius 2 is 1.61 bits per heavy atom. The van der Waals surface area contributed by atoms with Crippen molar-refractivity contribution < 1.29 is 31.5 Å². The number of rotatable bonds is 4. The maximum absolute atomic E-state index is 13.3. The zero-order valence-corrected chi connectivity index (χ0v) is 15.5. The van der Waals surface area contributed by atoms with E-state index in [-0.39, 0.29) is 34.9 Å². The molecule has 28 heavy (non-hydrogen) atoms. The van der Waals surface area contributed by atoms with Gasteiger partial charge in [-0.05, 0) is 37.1 Å². The SMILES string of the molecule is O=C(Nc1ccc2c(c1)OC(F)(F)O2)C1(S(=O)(=O)c2ccccc2)CCCC1. The molecule has 1 aliphatic carbocycles. The average Bonchev–Trinajstić information content (AvgIpc) is 3.26. The fourth-order valence-electron chi connectivity index (χ4n) is 3.66. The molecule has 1 heterocycles. The van der Waals surface area contributed by atoms with E-state index in [9.17, 15) is 22.0 Å². The Morgan fingerprint density at radius 1 is 0.964 bits per heavy atom. The van der Waals surface area contributed by atoms with Gasteiger partial charge >= 0.3 is 6.29 Å². The van der Waals surface area contributed by atoms with E-state index in [4.69, 9.17) is 0 Å². The van der Waals surface area contributed by atoms with Crippen molar-refractivity contribution in [3.8, 4) is 11.5 Å². The summed E-state index contributed by atoms with van der Waals surface area (Å²) in [5.41, 5.74) is 0.152. The molecular weight excluding hydrogens is 392 g/mol. The molecule has 2 aromatic carbocycles. The van der Waals surface area contributed by atoms with Crippen molar-refractivity contribution in [3.63, 3.8) is 0 Å². The van der Waals surface area contributed by atoms with Gasteiger partial charge in [-0.15, -0.1) is 8.78 Å². The fourth-order valence-corrected chi connectivity index (χ4v) is 5.75. The number of sulfone groups is 1. The molecule has 0 radical (unpaired) electrons. The summed E-state index contributed by atoms with van der Waals surface area (Å²) in [7, 11) is -3.94. The number of ether oxygens (including phenoxy) is 2. The Balaban J connectivity index is 1.64. The molecule has 6 nitrogen and oxygen atoms in total. The van der Waals surface area contributed by atoms with Crippen LogP contribution >= 0.6 is 0 Å². The smallest absolute Gasteiger partial charge is 0.395 e. The molecule has 1 saturated carbocycles. The highest BCUT2D eigenvalue weighted by molar-refractivity contribution is 7.93. The van der Waals surface area contributed by atoms with Gasteiger partial charge in [0.15, 0.2) is 26.1 Å². The van der Waals surface area contributed by atoms with Gasteiger partial charge in [0, 0.05) is 11.8 Å². The molecule has 2 aliphatic rings. The van der Waals surface area contributed by atoms with Crippen LogP contribution in [-0.2, 0) is 14.6 Å². The normalized spacial score (nSPS) is 19.4. The minimum atomic E-state index is -3.94. The summed E-state index contributed by atoms with van der Waals surface area (Å²) in [5, 5.41) is 2.56. The van der Waals surface area contributed by atoms with Gasteiger partial charge in [0.2, 0.25) is 5.91 Å². The number of anilines is 1. The lowest BCUT2D eigenvalue weighted by atomic mass is 10.1. The Bertz CT molecular complexity index is 1020. The zero-order chi connectivity index (χ0) is 20.0. The molecule has 0 bridgehead atoms. The number of benzene rings is 2. The van der Waals surface area contributed by atoms with Crippen LogP contribution < -0.4 is 14.8 Å². The average molecular weight is 409 g/mol. The van der Waals surface area contributed by atoms with Gasteiger partial charge in [-0.2, -0.15) is 0 Å². The molecule has 2 aromatic rings. The summed E-state index contributed by atoms with van der Waals surface area (Å²) in [6.07, 6.45) is -2.18. The van der Waals surface area contributed by atoms with E-state index >= 15 is 0 Å². The van der Waals surface area contributed by atoms with Gasteiger partial charge in [-0.25, -0.2) is 8.42 Å². The molecule has 0 atom stereocenters. The van der Waals surface area contributed by atoms with Crippen LogP contribution in [0.25, 0.3) is 0 Å². The first-order valence-electron chi connectivity index (χ1n) is 8.75. The molecule has 0 saturated heterocycles. The molecule has 1 amide bonds. The lowest BCUT2D eigenvalue weighted by Gasteiger charge is -2.27. The summed E-state index contributed by atoms with van der Waals surface area (Å²) < 4.78 is 60.0. The van der Waals surface area contributed by atoms with Crippen LogP contribution in [0.15, 0.2) is 53.4 Å². The number of hydrogen-bond donors (Lipinski definition) is 1. The minimum Gasteiger partial charge on any atom is -0.395 e. The second-order valence-electron chi connectivity index (χ2n) is 6.80. The standard InChI is InChI=1S/C19H17F2NO5S/c20-19(21)26-15-9-8-13(12-16(15)27-19)22-17(23)18(10-4-5-11-18)28(24,25)14-6-2-1-3-7-14/h1-3,6-9,12H,4-5,10-11H2,(H,22,23). The van der Waals surface area contributed by atoms with Crippen LogP contribution in [0.5, 0.6) is 11.5 Å². The first-order chi connectivity index (χ1) is 13.2. The van der Waals surface area contributed by atoms with Gasteiger partial charge in [0.25, 0.3) is 0 Å². The molecular formula is C19H17F2NO5S. The Hall–Kier alpha value is -2.68. The van der Waals surface area contributed by atoms with Gasteiger partial charge in [0.05, 0.1) is 4.90 Å². The Kier molecular flexibility index (Phi) is 4.29. The minimum absolute atomic E-state index is 0.0809. The number of halogens is 2. The van der Waals surface area contributed by atoms with E-state index in [1.807, 2.05) is 0 Å². The van der Waals surface area contributed by atoms with Crippen molar-refractivity contribution in [2.24, 2.45) is 0 Å². The van der Waals surface area contributed by atoms with Crippen molar-refractivity contribution in [2.45, 2.75) is 41.6 Å². The lowest BCUT2D eigenvalue weighted by Crippen LogP contribution is -2.47. The Morgan fingerprint density at radius 3 is 2.29 bits per heavy atom. The molecule has 148 valence electrons. The summed E-state index contributed by atoms with van der Waals surface area (Å²) in [6, 6.07) is 11.6. The van der Waals surface area contributed by atoms with Crippen molar-refractivity contribution >= 4 is 21.4 Å². The molecule has 0 unspecified atom stereocenters. The third-order valence-corrected chi connectivity index (χ3v) is 7.57. The first-order valence-corrected chi connectivity index (χ1v) is 10.2. The molecule has 4 rings (SSSR count). The van der Waals surface area contributed by atoms with Crippen LogP contribution in [-0.4, -0.2) is 25.4 Å². The number of carbonyl (C=O) groups is 1. The summed E-state index contributed by atoms with van der Waals surface area (Å²) >= 11 is 0. The highest BCUT2D eigenvalue weighted by Gasteiger charge is 2.53. The van der Waals surface area contributed by atoms with E-state index in [2.05, 4.69) is 14.8 Å². The van der Waals surface area contributed by atoms with Crippen molar-refractivity contribution in [2.75, 3.05) is 5.32 Å². The fraction of sp³-hybridized carbons (Fsp3) is 0.316. The van der Waals surface area contributed by atoms with E-state index in [1.165, 1.54) is 30.3 Å². The van der Waals surface area contributed by atoms with Crippen molar-refractivity contribution in [1.29, 1.82) is 0 Å². The number of hydrogen-bond acceptors (Lipinski definition) is 5. The summed E-state index contributed by atoms with van der Waals surface area (Å²) in [4.78, 5) is 13.2. The van der Waals surface area contributed by atoms with Gasteiger partial charge in [0.1, 0.15) is 0 Å². The molecule has 9 heteroatoms. The van der Waals surface area contributed by atoms with E-state index in [1.54, 1.807) is 18.2 Å². The van der Waals surface area contributed by atoms with Crippen molar-refractivity contribution in [3.05, 3.63) is 48.5 Å². The van der Waals surface area contributed by atoms with Crippen LogP contribution in [0.2, 0.25) is 0 Å². The van der Waals surface area contributed by atoms with E-state index in [0.29, 0.717) is 12.8 Å². The van der Waals surface area contributed by atoms with Crippen molar-refractivity contribution in [1.82, 2.24) is 0 Å². The predicted molar refractivity (Wildman–Crippen MR) is 96.1 cm³/mol. The molecule has 1 fully saturated rings. The maximum atomic E-state index is 13.3. The first kappa shape index (κ1) is 18.7. The number of fused-ring (bicyclic) bond motifs is 1. The molecule has 0 spiro atoms. The molecule has 1 aliphatic heterocycles. The number of carbonyl (C=O) groups excluding carboxylic acids is 1. The quantitative estimate of drug-likeness (QED) is 0.832. The summed E-state index contributed by atoms with van der Waals surface area (Å²) in [5.74, 6) is -1.07. The second-order valence-corrected chi connectivity index (χ2v) is 9.06. The monoisotopic (exact) mass is 409 g/mol. The third kappa shape index (κ3) is 2.99. The largest absolute Gasteiger partial charge is 0.586 e. The number of alkyl halides is 2. The zero-order valence-electron chi connectivity index (χ0n) is 14.7. The highest BCUT2D eigenvalue weighted by Crippen LogP contribution is 2.44. The topological polar surface area (TPSA) is 81.7 Å². The molecule has 0 aromatic heterocycles. The number of amides is 1. The van der Waals surface area contributed by atoms with Gasteiger partial charge in [-0.1, -0.05) is 31.0 Å². The van der Waals surface area contributed by atoms with Crippen LogP contribution in [0.3, 0.4) is 0 Å². The van der Waals surface area contributed by atoms with Gasteiger partial charge in [-0.3, -0.25) is 4.79 Å². The second kappa shape index (κ2) is 6.44. The number of nitrogens with one attached hydrogen (secondary N) is 1. The van der Waals surface area contributed by atoms with Crippen LogP contribution in [0.4, 0.5) is 14.5 Å².